The molecule has 2 N–H and O–H groups in total. The summed E-state index contributed by atoms with van der Waals surface area (Å²) in [4.78, 5) is 36.3. The number of hydrogen-bond acceptors (Lipinski definition) is 3. The van der Waals surface area contributed by atoms with Gasteiger partial charge in [0.25, 0.3) is 0 Å². The van der Waals surface area contributed by atoms with Crippen LogP contribution in [0.4, 0.5) is 0 Å². The molecule has 0 aliphatic heterocycles. The molecule has 3 rings (SSSR count). The van der Waals surface area contributed by atoms with Gasteiger partial charge in [0, 0.05) is 11.1 Å². The number of aryl methyl sites for hydroxylation is 1. The zero-order valence-corrected chi connectivity index (χ0v) is 14.2. The normalized spacial score (nSPS) is 10.7. The molecule has 0 fully saturated rings. The third-order valence-corrected chi connectivity index (χ3v) is 4.60. The van der Waals surface area contributed by atoms with Crippen LogP contribution in [0.25, 0.3) is 10.8 Å². The van der Waals surface area contributed by atoms with E-state index in [0.717, 1.165) is 0 Å². The van der Waals surface area contributed by atoms with E-state index < -0.39 is 17.7 Å². The molecular weight excluding hydrogens is 332 g/mol. The van der Waals surface area contributed by atoms with E-state index in [9.17, 15) is 24.6 Å². The number of carboxylic acids is 2. The molecule has 0 saturated carbocycles. The zero-order chi connectivity index (χ0) is 19.0. The van der Waals surface area contributed by atoms with Crippen molar-refractivity contribution in [2.75, 3.05) is 0 Å². The van der Waals surface area contributed by atoms with E-state index in [-0.39, 0.29) is 16.7 Å². The number of carboxylic acid groups (broad SMARTS) is 2. The first-order chi connectivity index (χ1) is 12.3. The number of ketones is 1. The van der Waals surface area contributed by atoms with E-state index in [1.165, 1.54) is 18.2 Å². The summed E-state index contributed by atoms with van der Waals surface area (Å²) in [5, 5.41) is 20.0. The highest BCUT2D eigenvalue weighted by molar-refractivity contribution is 6.22. The Kier molecular flexibility index (Phi) is 4.30. The summed E-state index contributed by atoms with van der Waals surface area (Å²) >= 11 is 0. The van der Waals surface area contributed by atoms with Gasteiger partial charge in [-0.3, -0.25) is 4.79 Å². The van der Waals surface area contributed by atoms with Gasteiger partial charge in [-0.25, -0.2) is 9.59 Å². The Bertz CT molecular complexity index is 1060. The summed E-state index contributed by atoms with van der Waals surface area (Å²) in [6, 6.07) is 12.8. The number of carbonyl (C=O) groups is 3. The van der Waals surface area contributed by atoms with Crippen molar-refractivity contribution in [2.24, 2.45) is 0 Å². The molecule has 0 amide bonds. The summed E-state index contributed by atoms with van der Waals surface area (Å²) in [5.74, 6) is -2.67. The van der Waals surface area contributed by atoms with Crippen LogP contribution in [0.15, 0.2) is 48.5 Å². The molecule has 5 nitrogen and oxygen atoms in total. The maximum atomic E-state index is 13.1. The Hall–Kier alpha value is -3.47. The van der Waals surface area contributed by atoms with Gasteiger partial charge >= 0.3 is 11.9 Å². The molecule has 0 radical (unpaired) electrons. The lowest BCUT2D eigenvalue weighted by molar-refractivity contribution is 0.0684. The number of fused-ring (bicyclic) bond motifs is 1. The number of benzene rings is 3. The molecule has 0 unspecified atom stereocenters. The number of aromatic carboxylic acids is 2. The van der Waals surface area contributed by atoms with Gasteiger partial charge in [0.1, 0.15) is 0 Å². The third kappa shape index (κ3) is 2.73. The summed E-state index contributed by atoms with van der Waals surface area (Å²) < 4.78 is 0. The van der Waals surface area contributed by atoms with Gasteiger partial charge in [0.2, 0.25) is 0 Å². The molecule has 0 spiro atoms. The van der Waals surface area contributed by atoms with Crippen molar-refractivity contribution < 1.29 is 24.6 Å². The maximum absolute atomic E-state index is 13.1. The standard InChI is InChI=1S/C21H16O5/c1-11-12(2)17(21(25)26)18(19(22)13-6-4-3-5-7-13)15-9-8-14(20(23)24)10-16(11)15/h3-10H,1-2H3,(H,23,24)(H,25,26). The number of rotatable bonds is 4. The maximum Gasteiger partial charge on any atom is 0.336 e. The highest BCUT2D eigenvalue weighted by Crippen LogP contribution is 2.32. The smallest absolute Gasteiger partial charge is 0.336 e. The fraction of sp³-hybridized carbons (Fsp3) is 0.0952. The highest BCUT2D eigenvalue weighted by Gasteiger charge is 2.25. The first kappa shape index (κ1) is 17.4. The molecule has 3 aromatic rings. The monoisotopic (exact) mass is 348 g/mol. The van der Waals surface area contributed by atoms with Gasteiger partial charge in [-0.15, -0.1) is 0 Å². The van der Waals surface area contributed by atoms with Crippen molar-refractivity contribution in [3.8, 4) is 0 Å². The van der Waals surface area contributed by atoms with Crippen molar-refractivity contribution >= 4 is 28.5 Å². The largest absolute Gasteiger partial charge is 0.478 e. The second-order valence-corrected chi connectivity index (χ2v) is 6.07. The fourth-order valence-electron chi connectivity index (χ4n) is 3.15. The van der Waals surface area contributed by atoms with Crippen LogP contribution in [0, 0.1) is 13.8 Å². The highest BCUT2D eigenvalue weighted by atomic mass is 16.4. The van der Waals surface area contributed by atoms with Crippen LogP contribution in [-0.4, -0.2) is 27.9 Å². The van der Waals surface area contributed by atoms with Crippen molar-refractivity contribution in [1.82, 2.24) is 0 Å². The van der Waals surface area contributed by atoms with Gasteiger partial charge in [-0.2, -0.15) is 0 Å². The van der Waals surface area contributed by atoms with Gasteiger partial charge in [-0.1, -0.05) is 36.4 Å². The van der Waals surface area contributed by atoms with Crippen LogP contribution >= 0.6 is 0 Å². The quantitative estimate of drug-likeness (QED) is 0.693. The molecule has 0 aliphatic carbocycles. The number of hydrogen-bond donors (Lipinski definition) is 2. The number of carbonyl (C=O) groups excluding carboxylic acids is 1. The molecule has 0 heterocycles. The Balaban J connectivity index is 2.44. The van der Waals surface area contributed by atoms with E-state index in [0.29, 0.717) is 27.5 Å². The second-order valence-electron chi connectivity index (χ2n) is 6.07. The minimum absolute atomic E-state index is 0.0491. The van der Waals surface area contributed by atoms with Crippen molar-refractivity contribution in [3.05, 3.63) is 81.9 Å². The van der Waals surface area contributed by atoms with Gasteiger partial charge in [0.15, 0.2) is 5.78 Å². The van der Waals surface area contributed by atoms with Crippen LogP contribution in [0.5, 0.6) is 0 Å². The molecule has 5 heteroatoms. The van der Waals surface area contributed by atoms with Crippen LogP contribution in [0.2, 0.25) is 0 Å². The first-order valence-electron chi connectivity index (χ1n) is 7.96. The molecule has 0 atom stereocenters. The molecule has 0 bridgehead atoms. The van der Waals surface area contributed by atoms with Gasteiger partial charge in [-0.05, 0) is 47.9 Å². The van der Waals surface area contributed by atoms with Crippen LogP contribution in [0.1, 0.15) is 47.8 Å². The fourth-order valence-corrected chi connectivity index (χ4v) is 3.15. The predicted octanol–water partition coefficient (Wildman–Crippen LogP) is 4.08. The Morgan fingerprint density at radius 2 is 1.35 bits per heavy atom. The second kappa shape index (κ2) is 6.44. The van der Waals surface area contributed by atoms with Crippen molar-refractivity contribution in [3.63, 3.8) is 0 Å². The van der Waals surface area contributed by atoms with Crippen LogP contribution < -0.4 is 0 Å². The lowest BCUT2D eigenvalue weighted by Crippen LogP contribution is -2.14. The van der Waals surface area contributed by atoms with E-state index in [2.05, 4.69) is 0 Å². The minimum atomic E-state index is -1.19. The lowest BCUT2D eigenvalue weighted by atomic mass is 9.86. The SMILES string of the molecule is Cc1c(C(=O)O)c(C(=O)c2ccccc2)c2ccc(C(=O)O)cc2c1C. The average molecular weight is 348 g/mol. The van der Waals surface area contributed by atoms with E-state index in [1.807, 2.05) is 0 Å². The van der Waals surface area contributed by atoms with E-state index >= 15 is 0 Å². The summed E-state index contributed by atoms with van der Waals surface area (Å²) in [5.41, 5.74) is 1.59. The predicted molar refractivity (Wildman–Crippen MR) is 97.2 cm³/mol. The lowest BCUT2D eigenvalue weighted by Gasteiger charge is -2.16. The van der Waals surface area contributed by atoms with E-state index in [1.54, 1.807) is 44.2 Å². The molecule has 130 valence electrons. The Morgan fingerprint density at radius 1 is 0.692 bits per heavy atom. The Labute approximate surface area is 149 Å². The first-order valence-corrected chi connectivity index (χ1v) is 7.96. The molecule has 3 aromatic carbocycles. The van der Waals surface area contributed by atoms with Crippen LogP contribution in [0.3, 0.4) is 0 Å². The summed E-state index contributed by atoms with van der Waals surface area (Å²) in [6.45, 7) is 3.36. The zero-order valence-electron chi connectivity index (χ0n) is 14.2. The molecule has 0 aliphatic rings. The molecule has 0 saturated heterocycles. The van der Waals surface area contributed by atoms with Crippen LogP contribution in [-0.2, 0) is 0 Å². The summed E-state index contributed by atoms with van der Waals surface area (Å²) in [6.07, 6.45) is 0. The molecular formula is C21H16O5. The summed E-state index contributed by atoms with van der Waals surface area (Å²) in [7, 11) is 0. The van der Waals surface area contributed by atoms with Crippen molar-refractivity contribution in [2.45, 2.75) is 13.8 Å². The van der Waals surface area contributed by atoms with Crippen molar-refractivity contribution in [1.29, 1.82) is 0 Å². The third-order valence-electron chi connectivity index (χ3n) is 4.60. The Morgan fingerprint density at radius 3 is 1.92 bits per heavy atom. The topological polar surface area (TPSA) is 91.7 Å². The molecule has 0 aromatic heterocycles. The van der Waals surface area contributed by atoms with Gasteiger partial charge < -0.3 is 10.2 Å². The van der Waals surface area contributed by atoms with E-state index in [4.69, 9.17) is 0 Å². The van der Waals surface area contributed by atoms with Gasteiger partial charge in [0.05, 0.1) is 11.1 Å². The minimum Gasteiger partial charge on any atom is -0.478 e. The molecule has 26 heavy (non-hydrogen) atoms. The average Bonchev–Trinajstić information content (AvgIpc) is 2.63.